The second kappa shape index (κ2) is 6.39. The van der Waals surface area contributed by atoms with Gasteiger partial charge in [0.15, 0.2) is 0 Å². The third-order valence-electron chi connectivity index (χ3n) is 3.40. The summed E-state index contributed by atoms with van der Waals surface area (Å²) in [5.74, 6) is -0.579. The molecular formula is C17H19FN2O. The van der Waals surface area contributed by atoms with Crippen LogP contribution in [0.2, 0.25) is 0 Å². The number of carbonyl (C=O) groups excluding carboxylic acids is 1. The number of carbonyl (C=O) groups is 1. The first kappa shape index (κ1) is 15.0. The Morgan fingerprint density at radius 1 is 1.24 bits per heavy atom. The van der Waals surface area contributed by atoms with Gasteiger partial charge >= 0.3 is 0 Å². The molecule has 2 aromatic rings. The highest BCUT2D eigenvalue weighted by atomic mass is 19.1. The van der Waals surface area contributed by atoms with Gasteiger partial charge in [0.05, 0.1) is 5.69 Å². The molecule has 0 aliphatic heterocycles. The molecule has 21 heavy (non-hydrogen) atoms. The largest absolute Gasteiger partial charge is 0.399 e. The maximum absolute atomic E-state index is 13.7. The summed E-state index contributed by atoms with van der Waals surface area (Å²) in [5.41, 5.74) is 8.40. The maximum atomic E-state index is 13.7. The summed E-state index contributed by atoms with van der Waals surface area (Å²) in [6.45, 7) is 3.76. The Kier molecular flexibility index (Phi) is 4.58. The Bertz CT molecular complexity index is 638. The number of hydrogen-bond acceptors (Lipinski definition) is 2. The standard InChI is InChI=1S/C17H19FN2O/c1-11-3-8-16(15(18)9-11)20-17(21)10-12(2)13-4-6-14(19)7-5-13/h3-9,12H,10,19H2,1-2H3,(H,20,21). The third kappa shape index (κ3) is 4.05. The number of benzene rings is 2. The minimum absolute atomic E-state index is 0.0408. The van der Waals surface area contributed by atoms with Crippen LogP contribution < -0.4 is 11.1 Å². The summed E-state index contributed by atoms with van der Waals surface area (Å²) in [4.78, 5) is 12.0. The molecule has 1 amide bonds. The van der Waals surface area contributed by atoms with Crippen LogP contribution in [0.25, 0.3) is 0 Å². The summed E-state index contributed by atoms with van der Waals surface area (Å²) in [7, 11) is 0. The lowest BCUT2D eigenvalue weighted by molar-refractivity contribution is -0.116. The number of nitrogens with one attached hydrogen (secondary N) is 1. The van der Waals surface area contributed by atoms with Crippen LogP contribution in [-0.2, 0) is 4.79 Å². The van der Waals surface area contributed by atoms with Crippen molar-refractivity contribution in [1.82, 2.24) is 0 Å². The molecule has 2 rings (SSSR count). The van der Waals surface area contributed by atoms with Gasteiger partial charge in [-0.15, -0.1) is 0 Å². The van der Waals surface area contributed by atoms with Gasteiger partial charge in [-0.05, 0) is 48.2 Å². The molecule has 4 heteroatoms. The van der Waals surface area contributed by atoms with E-state index in [0.29, 0.717) is 5.69 Å². The molecule has 0 radical (unpaired) electrons. The average molecular weight is 286 g/mol. The summed E-state index contributed by atoms with van der Waals surface area (Å²) < 4.78 is 13.7. The molecular weight excluding hydrogens is 267 g/mol. The van der Waals surface area contributed by atoms with Gasteiger partial charge in [0.25, 0.3) is 0 Å². The molecule has 0 heterocycles. The summed E-state index contributed by atoms with van der Waals surface area (Å²) >= 11 is 0. The quantitative estimate of drug-likeness (QED) is 0.839. The zero-order chi connectivity index (χ0) is 15.4. The van der Waals surface area contributed by atoms with Crippen LogP contribution in [0.5, 0.6) is 0 Å². The number of rotatable bonds is 4. The molecule has 3 N–H and O–H groups in total. The third-order valence-corrected chi connectivity index (χ3v) is 3.40. The molecule has 0 fully saturated rings. The molecule has 0 bridgehead atoms. The fourth-order valence-electron chi connectivity index (χ4n) is 2.14. The first-order valence-corrected chi connectivity index (χ1v) is 6.87. The van der Waals surface area contributed by atoms with Crippen molar-refractivity contribution in [3.63, 3.8) is 0 Å². The van der Waals surface area contributed by atoms with E-state index in [2.05, 4.69) is 5.32 Å². The minimum atomic E-state index is -0.413. The van der Waals surface area contributed by atoms with Crippen LogP contribution in [0.4, 0.5) is 15.8 Å². The predicted molar refractivity (Wildman–Crippen MR) is 83.7 cm³/mol. The van der Waals surface area contributed by atoms with E-state index >= 15 is 0 Å². The van der Waals surface area contributed by atoms with E-state index in [-0.39, 0.29) is 23.9 Å². The van der Waals surface area contributed by atoms with Crippen LogP contribution in [0.3, 0.4) is 0 Å². The van der Waals surface area contributed by atoms with Crippen molar-refractivity contribution in [2.75, 3.05) is 11.1 Å². The van der Waals surface area contributed by atoms with E-state index in [1.807, 2.05) is 31.2 Å². The second-order valence-electron chi connectivity index (χ2n) is 5.30. The lowest BCUT2D eigenvalue weighted by Gasteiger charge is -2.13. The van der Waals surface area contributed by atoms with Crippen LogP contribution in [0.1, 0.15) is 30.4 Å². The number of hydrogen-bond donors (Lipinski definition) is 2. The molecule has 0 aliphatic rings. The zero-order valence-corrected chi connectivity index (χ0v) is 12.2. The van der Waals surface area contributed by atoms with Crippen molar-refractivity contribution in [2.24, 2.45) is 0 Å². The molecule has 3 nitrogen and oxygen atoms in total. The van der Waals surface area contributed by atoms with Gasteiger partial charge in [-0.25, -0.2) is 4.39 Å². The van der Waals surface area contributed by atoms with Crippen LogP contribution in [0.15, 0.2) is 42.5 Å². The lowest BCUT2D eigenvalue weighted by atomic mass is 9.97. The van der Waals surface area contributed by atoms with E-state index in [9.17, 15) is 9.18 Å². The second-order valence-corrected chi connectivity index (χ2v) is 5.30. The smallest absolute Gasteiger partial charge is 0.225 e. The molecule has 0 spiro atoms. The van der Waals surface area contributed by atoms with E-state index in [1.54, 1.807) is 19.1 Å². The van der Waals surface area contributed by atoms with Gasteiger partial charge in [-0.2, -0.15) is 0 Å². The van der Waals surface area contributed by atoms with Crippen molar-refractivity contribution in [3.8, 4) is 0 Å². The Morgan fingerprint density at radius 2 is 1.90 bits per heavy atom. The fourth-order valence-corrected chi connectivity index (χ4v) is 2.14. The fraction of sp³-hybridized carbons (Fsp3) is 0.235. The molecule has 1 atom stereocenters. The summed E-state index contributed by atoms with van der Waals surface area (Å²) in [6, 6.07) is 12.2. The topological polar surface area (TPSA) is 55.1 Å². The summed E-state index contributed by atoms with van der Waals surface area (Å²) in [6.07, 6.45) is 0.289. The van der Waals surface area contributed by atoms with Crippen LogP contribution in [0, 0.1) is 12.7 Å². The molecule has 0 aliphatic carbocycles. The Morgan fingerprint density at radius 3 is 2.52 bits per heavy atom. The van der Waals surface area contributed by atoms with Gasteiger partial charge in [0.2, 0.25) is 5.91 Å². The molecule has 2 aromatic carbocycles. The van der Waals surface area contributed by atoms with E-state index in [1.165, 1.54) is 6.07 Å². The highest BCUT2D eigenvalue weighted by Crippen LogP contribution is 2.22. The molecule has 0 saturated heterocycles. The number of amides is 1. The number of anilines is 2. The van der Waals surface area contributed by atoms with Crippen molar-refractivity contribution >= 4 is 17.3 Å². The number of halogens is 1. The Hall–Kier alpha value is -2.36. The SMILES string of the molecule is Cc1ccc(NC(=O)CC(C)c2ccc(N)cc2)c(F)c1. The van der Waals surface area contributed by atoms with E-state index in [4.69, 9.17) is 5.73 Å². The highest BCUT2D eigenvalue weighted by molar-refractivity contribution is 5.91. The number of nitrogen functional groups attached to an aromatic ring is 1. The lowest BCUT2D eigenvalue weighted by Crippen LogP contribution is -2.15. The van der Waals surface area contributed by atoms with Crippen LogP contribution in [-0.4, -0.2) is 5.91 Å². The van der Waals surface area contributed by atoms with Crippen molar-refractivity contribution < 1.29 is 9.18 Å². The summed E-state index contributed by atoms with van der Waals surface area (Å²) in [5, 5.41) is 2.61. The van der Waals surface area contributed by atoms with Crippen LogP contribution >= 0.6 is 0 Å². The van der Waals surface area contributed by atoms with E-state index < -0.39 is 5.82 Å². The molecule has 110 valence electrons. The number of nitrogens with two attached hydrogens (primary N) is 1. The minimum Gasteiger partial charge on any atom is -0.399 e. The van der Waals surface area contributed by atoms with Crippen molar-refractivity contribution in [1.29, 1.82) is 0 Å². The number of aryl methyl sites for hydroxylation is 1. The Labute approximate surface area is 124 Å². The first-order chi connectivity index (χ1) is 9.95. The van der Waals surface area contributed by atoms with Gasteiger partial charge in [0, 0.05) is 12.1 Å². The molecule has 0 saturated carbocycles. The highest BCUT2D eigenvalue weighted by Gasteiger charge is 2.13. The Balaban J connectivity index is 1.99. The molecule has 0 aromatic heterocycles. The van der Waals surface area contributed by atoms with Gasteiger partial charge in [0.1, 0.15) is 5.82 Å². The average Bonchev–Trinajstić information content (AvgIpc) is 2.42. The van der Waals surface area contributed by atoms with Gasteiger partial charge in [-0.1, -0.05) is 25.1 Å². The predicted octanol–water partition coefficient (Wildman–Crippen LogP) is 3.85. The van der Waals surface area contributed by atoms with Gasteiger partial charge < -0.3 is 11.1 Å². The van der Waals surface area contributed by atoms with E-state index in [0.717, 1.165) is 11.1 Å². The van der Waals surface area contributed by atoms with Gasteiger partial charge in [-0.3, -0.25) is 4.79 Å². The maximum Gasteiger partial charge on any atom is 0.225 e. The zero-order valence-electron chi connectivity index (χ0n) is 12.2. The normalized spacial score (nSPS) is 12.0. The monoisotopic (exact) mass is 286 g/mol. The van der Waals surface area contributed by atoms with Crippen molar-refractivity contribution in [3.05, 3.63) is 59.4 Å². The first-order valence-electron chi connectivity index (χ1n) is 6.87. The molecule has 1 unspecified atom stereocenters. The van der Waals surface area contributed by atoms with Crippen molar-refractivity contribution in [2.45, 2.75) is 26.2 Å².